The second-order valence-corrected chi connectivity index (χ2v) is 8.56. The van der Waals surface area contributed by atoms with Crippen LogP contribution in [0.25, 0.3) is 6.08 Å². The van der Waals surface area contributed by atoms with E-state index in [2.05, 4.69) is 0 Å². The van der Waals surface area contributed by atoms with Gasteiger partial charge in [-0.1, -0.05) is 30.4 Å². The number of benzene rings is 3. The maximum atomic E-state index is 13.6. The zero-order chi connectivity index (χ0) is 27.6. The van der Waals surface area contributed by atoms with Crippen molar-refractivity contribution in [2.24, 2.45) is 0 Å². The summed E-state index contributed by atoms with van der Waals surface area (Å²) in [5.41, 5.74) is 1.05. The van der Waals surface area contributed by atoms with Crippen molar-refractivity contribution in [2.75, 3.05) is 6.61 Å². The van der Waals surface area contributed by atoms with Crippen molar-refractivity contribution in [3.63, 3.8) is 0 Å². The molecule has 3 aromatic rings. The molecule has 11 heteroatoms. The van der Waals surface area contributed by atoms with Gasteiger partial charge in [0, 0.05) is 12.0 Å². The van der Waals surface area contributed by atoms with Crippen LogP contribution >= 0.6 is 0 Å². The molecule has 0 saturated heterocycles. The third-order valence-corrected chi connectivity index (χ3v) is 6.05. The number of carboxylic acid groups (broad SMARTS) is 1. The van der Waals surface area contributed by atoms with Gasteiger partial charge in [0.1, 0.15) is 12.0 Å². The Balaban J connectivity index is 1.75. The number of rotatable bonds is 8. The van der Waals surface area contributed by atoms with Crippen LogP contribution in [0.15, 0.2) is 54.6 Å². The van der Waals surface area contributed by atoms with Crippen LogP contribution in [-0.4, -0.2) is 60.4 Å². The molecule has 1 aliphatic heterocycles. The van der Waals surface area contributed by atoms with Gasteiger partial charge in [-0.15, -0.1) is 0 Å². The van der Waals surface area contributed by atoms with Gasteiger partial charge in [0.2, 0.25) is 6.10 Å². The fraction of sp³-hybridized carbons (Fsp3) is 0.185. The van der Waals surface area contributed by atoms with Crippen molar-refractivity contribution in [1.82, 2.24) is 0 Å². The summed E-state index contributed by atoms with van der Waals surface area (Å²) in [6.45, 7) is -0.318. The summed E-state index contributed by atoms with van der Waals surface area (Å²) in [6.07, 6.45) is -0.334. The number of hydrogen-bond acceptors (Lipinski definition) is 10. The molecule has 11 nitrogen and oxygen atoms in total. The molecule has 0 aliphatic carbocycles. The number of hydrogen-bond donors (Lipinski definition) is 7. The maximum absolute atomic E-state index is 13.6. The van der Waals surface area contributed by atoms with Crippen LogP contribution in [0.1, 0.15) is 34.3 Å². The van der Waals surface area contributed by atoms with Gasteiger partial charge in [0.25, 0.3) is 0 Å². The van der Waals surface area contributed by atoms with Gasteiger partial charge in [0.05, 0.1) is 6.61 Å². The van der Waals surface area contributed by atoms with Crippen molar-refractivity contribution in [2.45, 2.75) is 24.5 Å². The van der Waals surface area contributed by atoms with Gasteiger partial charge in [-0.2, -0.15) is 0 Å². The second kappa shape index (κ2) is 10.6. The number of esters is 1. The first-order valence-electron chi connectivity index (χ1n) is 11.4. The lowest BCUT2D eigenvalue weighted by molar-refractivity contribution is -0.166. The predicted molar refractivity (Wildman–Crippen MR) is 131 cm³/mol. The van der Waals surface area contributed by atoms with Crippen LogP contribution in [-0.2, 0) is 20.7 Å². The highest BCUT2D eigenvalue weighted by Crippen LogP contribution is 2.53. The molecule has 7 N–H and O–H groups in total. The molecule has 3 unspecified atom stereocenters. The first-order chi connectivity index (χ1) is 18.1. The average molecular weight is 524 g/mol. The molecular weight excluding hydrogens is 500 g/mol. The molecule has 0 fully saturated rings. The van der Waals surface area contributed by atoms with E-state index in [1.807, 2.05) is 0 Å². The summed E-state index contributed by atoms with van der Waals surface area (Å²) in [5.74, 6) is -5.98. The molecule has 0 aromatic heterocycles. The lowest BCUT2D eigenvalue weighted by atomic mass is 9.87. The first-order valence-corrected chi connectivity index (χ1v) is 11.4. The molecular formula is C27H24O11. The van der Waals surface area contributed by atoms with Gasteiger partial charge in [-0.05, 0) is 47.0 Å². The minimum absolute atomic E-state index is 0.0695. The van der Waals surface area contributed by atoms with Crippen LogP contribution in [0.3, 0.4) is 0 Å². The Labute approximate surface area is 215 Å². The van der Waals surface area contributed by atoms with Crippen molar-refractivity contribution < 1.29 is 54.8 Å². The molecule has 3 aromatic carbocycles. The van der Waals surface area contributed by atoms with E-state index in [4.69, 9.17) is 9.47 Å². The normalized spacial score (nSPS) is 17.1. The van der Waals surface area contributed by atoms with Crippen LogP contribution in [0.2, 0.25) is 0 Å². The number of carboxylic acids is 1. The fourth-order valence-electron chi connectivity index (χ4n) is 4.24. The van der Waals surface area contributed by atoms with Gasteiger partial charge >= 0.3 is 11.9 Å². The van der Waals surface area contributed by atoms with Crippen molar-refractivity contribution >= 4 is 18.0 Å². The van der Waals surface area contributed by atoms with Gasteiger partial charge in [0.15, 0.2) is 34.5 Å². The number of aliphatic carboxylic acids is 1. The molecule has 38 heavy (non-hydrogen) atoms. The molecule has 0 saturated carbocycles. The van der Waals surface area contributed by atoms with Crippen molar-refractivity contribution in [3.05, 3.63) is 76.9 Å². The van der Waals surface area contributed by atoms with Crippen LogP contribution in [0.4, 0.5) is 0 Å². The predicted octanol–water partition coefficient (Wildman–Crippen LogP) is 2.68. The molecule has 3 atom stereocenters. The molecule has 198 valence electrons. The zero-order valence-electron chi connectivity index (χ0n) is 19.7. The Hall–Kier alpha value is -4.90. The Bertz CT molecular complexity index is 1410. The summed E-state index contributed by atoms with van der Waals surface area (Å²) in [7, 11) is 0. The van der Waals surface area contributed by atoms with E-state index in [0.717, 1.165) is 6.07 Å². The summed E-state index contributed by atoms with van der Waals surface area (Å²) < 4.78 is 11.3. The first kappa shape index (κ1) is 26.2. The zero-order valence-corrected chi connectivity index (χ0v) is 19.7. The number of carbonyl (C=O) groups is 2. The molecule has 1 aliphatic rings. The summed E-state index contributed by atoms with van der Waals surface area (Å²) in [6, 6.07) is 10.2. The van der Waals surface area contributed by atoms with Crippen molar-refractivity contribution in [3.8, 4) is 34.5 Å². The van der Waals surface area contributed by atoms with Gasteiger partial charge in [-0.3, -0.25) is 4.79 Å². The lowest BCUT2D eigenvalue weighted by Crippen LogP contribution is -2.32. The molecule has 1 heterocycles. The van der Waals surface area contributed by atoms with E-state index in [-0.39, 0.29) is 41.2 Å². The number of fused-ring (bicyclic) bond motifs is 1. The minimum atomic E-state index is -1.70. The third kappa shape index (κ3) is 5.13. The largest absolute Gasteiger partial charge is 0.504 e. The fourth-order valence-corrected chi connectivity index (χ4v) is 4.24. The summed E-state index contributed by atoms with van der Waals surface area (Å²) >= 11 is 0. The van der Waals surface area contributed by atoms with Gasteiger partial charge < -0.3 is 45.2 Å². The minimum Gasteiger partial charge on any atom is -0.504 e. The monoisotopic (exact) mass is 524 g/mol. The lowest BCUT2D eigenvalue weighted by Gasteiger charge is -2.22. The summed E-state index contributed by atoms with van der Waals surface area (Å²) in [5, 5.41) is 68.5. The number of phenolic OH excluding ortho intramolecular Hbond substituents is 5. The number of carbonyl (C=O) groups excluding carboxylic acids is 1. The highest BCUT2D eigenvalue weighted by Gasteiger charge is 2.45. The van der Waals surface area contributed by atoms with E-state index in [9.17, 15) is 45.3 Å². The third-order valence-electron chi connectivity index (χ3n) is 6.05. The number of aliphatic hydroxyl groups excluding tert-OH is 1. The number of aromatic hydroxyl groups is 5. The molecule has 0 radical (unpaired) electrons. The highest BCUT2D eigenvalue weighted by atomic mass is 16.6. The SMILES string of the molecule is O=C(O)C(Cc1ccc(O)c(O)c1)OC(=O)C1c2c(/C=C/CO)ccc(O)c2OC1c1ccc(O)c(O)c1. The van der Waals surface area contributed by atoms with Crippen LogP contribution in [0.5, 0.6) is 34.5 Å². The number of aliphatic hydroxyl groups is 1. The van der Waals surface area contributed by atoms with Crippen LogP contribution in [0, 0.1) is 0 Å². The molecule has 0 amide bonds. The average Bonchev–Trinajstić information content (AvgIpc) is 3.29. The second-order valence-electron chi connectivity index (χ2n) is 8.56. The number of ether oxygens (including phenoxy) is 2. The van der Waals surface area contributed by atoms with E-state index >= 15 is 0 Å². The van der Waals surface area contributed by atoms with E-state index < -0.39 is 53.1 Å². The Kier molecular flexibility index (Phi) is 7.31. The van der Waals surface area contributed by atoms with E-state index in [0.29, 0.717) is 5.56 Å². The van der Waals surface area contributed by atoms with Crippen LogP contribution < -0.4 is 4.74 Å². The quantitative estimate of drug-likeness (QED) is 0.169. The van der Waals surface area contributed by atoms with Gasteiger partial charge in [-0.25, -0.2) is 4.79 Å². The standard InChI is InChI=1S/C27H24O11/c28-9-1-2-14-4-8-18(31)25-22(14)23(24(38-25)15-5-7-17(30)20(33)12-15)27(36)37-21(26(34)35)11-13-3-6-16(29)19(32)10-13/h1-8,10,12,21,23-24,28-33H,9,11H2,(H,34,35)/b2-1+. The Morgan fingerprint density at radius 2 is 1.55 bits per heavy atom. The highest BCUT2D eigenvalue weighted by molar-refractivity contribution is 5.87. The smallest absolute Gasteiger partial charge is 0.345 e. The van der Waals surface area contributed by atoms with Crippen molar-refractivity contribution in [1.29, 1.82) is 0 Å². The van der Waals surface area contributed by atoms with E-state index in [1.165, 1.54) is 54.6 Å². The Morgan fingerprint density at radius 1 is 0.895 bits per heavy atom. The number of phenols is 5. The topological polar surface area (TPSA) is 194 Å². The van der Waals surface area contributed by atoms with E-state index in [1.54, 1.807) is 0 Å². The maximum Gasteiger partial charge on any atom is 0.345 e. The molecule has 0 spiro atoms. The molecule has 0 bridgehead atoms. The molecule has 4 rings (SSSR count). The Morgan fingerprint density at radius 3 is 2.18 bits per heavy atom. The summed E-state index contributed by atoms with van der Waals surface area (Å²) in [4.78, 5) is 25.6.